The lowest BCUT2D eigenvalue weighted by Gasteiger charge is -2.54. The predicted molar refractivity (Wildman–Crippen MR) is 148 cm³/mol. The Balaban J connectivity index is 1.35. The molecule has 3 unspecified atom stereocenters. The predicted octanol–water partition coefficient (Wildman–Crippen LogP) is 4.11. The smallest absolute Gasteiger partial charge is 0.360 e. The topological polar surface area (TPSA) is 117 Å². The van der Waals surface area contributed by atoms with E-state index in [0.717, 1.165) is 43.0 Å². The van der Waals surface area contributed by atoms with E-state index in [1.165, 1.54) is 51.4 Å². The monoisotopic (exact) mass is 536 g/mol. The molecule has 3 heterocycles. The van der Waals surface area contributed by atoms with Gasteiger partial charge < -0.3 is 19.6 Å². The van der Waals surface area contributed by atoms with Gasteiger partial charge in [-0.25, -0.2) is 9.78 Å². The van der Waals surface area contributed by atoms with Gasteiger partial charge in [-0.2, -0.15) is 0 Å². The Bertz CT molecular complexity index is 1260. The van der Waals surface area contributed by atoms with E-state index in [-0.39, 0.29) is 24.9 Å². The van der Waals surface area contributed by atoms with Crippen LogP contribution in [0.15, 0.2) is 34.2 Å². The number of para-hydroxylation sites is 2. The number of nitrogens with zero attached hydrogens (tertiary/aromatic N) is 4. The molecule has 1 aromatic carbocycles. The fraction of sp³-hybridized carbons (Fsp3) is 0.667. The number of aliphatic carboxylic acids is 1. The molecule has 6 rings (SSSR count). The van der Waals surface area contributed by atoms with Crippen molar-refractivity contribution in [1.29, 1.82) is 0 Å². The number of carboxylic acid groups (broad SMARTS) is 1. The molecule has 1 aromatic heterocycles. The first-order valence-electron chi connectivity index (χ1n) is 14.9. The summed E-state index contributed by atoms with van der Waals surface area (Å²) in [6.07, 6.45) is 14.9. The maximum absolute atomic E-state index is 14.0. The van der Waals surface area contributed by atoms with E-state index < -0.39 is 17.2 Å². The lowest BCUT2D eigenvalue weighted by Crippen LogP contribution is -2.58. The number of benzene rings is 1. The van der Waals surface area contributed by atoms with Crippen LogP contribution in [0.5, 0.6) is 0 Å². The molecule has 2 saturated carbocycles. The first-order valence-corrected chi connectivity index (χ1v) is 14.9. The summed E-state index contributed by atoms with van der Waals surface area (Å²) < 4.78 is 1.80. The highest BCUT2D eigenvalue weighted by molar-refractivity contribution is 6.41. The van der Waals surface area contributed by atoms with Crippen molar-refractivity contribution in [3.05, 3.63) is 40.3 Å². The summed E-state index contributed by atoms with van der Waals surface area (Å²) in [7, 11) is 0. The van der Waals surface area contributed by atoms with E-state index in [2.05, 4.69) is 15.0 Å². The molecular weight excluding hydrogens is 496 g/mol. The van der Waals surface area contributed by atoms with Gasteiger partial charge in [0.1, 0.15) is 6.61 Å². The number of oxime groups is 1. The van der Waals surface area contributed by atoms with E-state index in [9.17, 15) is 14.7 Å². The van der Waals surface area contributed by atoms with Crippen LogP contribution in [0.2, 0.25) is 0 Å². The molecule has 9 heteroatoms. The zero-order valence-corrected chi connectivity index (χ0v) is 22.6. The Hall–Kier alpha value is -2.78. The molecule has 2 aliphatic carbocycles. The van der Waals surface area contributed by atoms with Crippen LogP contribution in [0.3, 0.4) is 0 Å². The third kappa shape index (κ3) is 5.23. The molecule has 0 radical (unpaired) electrons. The molecule has 4 fully saturated rings. The number of fused-ring (bicyclic) bond motifs is 5. The highest BCUT2D eigenvalue weighted by atomic mass is 16.6. The summed E-state index contributed by atoms with van der Waals surface area (Å²) in [5, 5.41) is 22.6. The van der Waals surface area contributed by atoms with Gasteiger partial charge in [0.25, 0.3) is 5.56 Å². The van der Waals surface area contributed by atoms with Gasteiger partial charge in [-0.1, -0.05) is 49.4 Å². The fourth-order valence-corrected chi connectivity index (χ4v) is 8.31. The molecule has 210 valence electrons. The normalized spacial score (nSPS) is 31.6. The average Bonchev–Trinajstić information content (AvgIpc) is 3.09. The summed E-state index contributed by atoms with van der Waals surface area (Å²) in [6.45, 7) is -0.473. The van der Waals surface area contributed by atoms with Gasteiger partial charge in [-0.15, -0.1) is 0 Å². The Morgan fingerprint density at radius 2 is 1.62 bits per heavy atom. The van der Waals surface area contributed by atoms with Crippen molar-refractivity contribution < 1.29 is 19.8 Å². The molecule has 4 aliphatic rings. The van der Waals surface area contributed by atoms with E-state index >= 15 is 0 Å². The van der Waals surface area contributed by atoms with E-state index in [0.29, 0.717) is 23.6 Å². The first-order chi connectivity index (χ1) is 19.0. The van der Waals surface area contributed by atoms with Gasteiger partial charge in [0, 0.05) is 24.2 Å². The van der Waals surface area contributed by atoms with Crippen LogP contribution in [0.4, 0.5) is 0 Å². The molecular formula is C30H40N4O5. The molecule has 9 nitrogen and oxygen atoms in total. The van der Waals surface area contributed by atoms with Gasteiger partial charge in [0.15, 0.2) is 5.69 Å². The van der Waals surface area contributed by atoms with Crippen molar-refractivity contribution in [1.82, 2.24) is 14.5 Å². The summed E-state index contributed by atoms with van der Waals surface area (Å²) >= 11 is 0. The van der Waals surface area contributed by atoms with Crippen LogP contribution in [-0.4, -0.2) is 67.7 Å². The van der Waals surface area contributed by atoms with Gasteiger partial charge in [-0.3, -0.25) is 9.69 Å². The number of hydrogen-bond donors (Lipinski definition) is 2. The standard InChI is InChI=1S/C30H40N4O5/c35-12-13-39-32-28(30(37)38)27-29(36)34(26-11-4-3-10-25(26)31-27)24-17-21-8-5-9-22(18-24)33(21)23-15-19-6-1-2-7-20(14-19)16-23/h3-4,10-11,19-24,35H,1-2,5-9,12-18H2,(H,37,38)/b32-28-/t19?,20?,21-,22+,23?,24?. The summed E-state index contributed by atoms with van der Waals surface area (Å²) in [4.78, 5) is 38.3. The van der Waals surface area contributed by atoms with Gasteiger partial charge in [0.05, 0.1) is 17.6 Å². The molecule has 4 bridgehead atoms. The molecule has 0 spiro atoms. The SMILES string of the molecule is O=C(O)/C(=N\OCCO)c1nc2ccccc2n(C2C[C@H]3CCC[C@@H](C2)N3C2CC3CCCCC(C3)C2)c1=O. The highest BCUT2D eigenvalue weighted by Gasteiger charge is 2.45. The van der Waals surface area contributed by atoms with Crippen LogP contribution >= 0.6 is 0 Å². The minimum absolute atomic E-state index is 0.0324. The first kappa shape index (κ1) is 26.4. The fourth-order valence-electron chi connectivity index (χ4n) is 8.31. The van der Waals surface area contributed by atoms with Crippen molar-refractivity contribution >= 4 is 22.7 Å². The molecule has 2 N–H and O–H groups in total. The van der Waals surface area contributed by atoms with E-state index in [4.69, 9.17) is 9.94 Å². The molecule has 5 atom stereocenters. The van der Waals surface area contributed by atoms with Crippen LogP contribution in [0, 0.1) is 11.8 Å². The van der Waals surface area contributed by atoms with E-state index in [1.807, 2.05) is 24.3 Å². The third-order valence-corrected chi connectivity index (χ3v) is 9.71. The number of rotatable bonds is 7. The lowest BCUT2D eigenvalue weighted by atomic mass is 9.73. The third-order valence-electron chi connectivity index (χ3n) is 9.71. The zero-order chi connectivity index (χ0) is 26.9. The van der Waals surface area contributed by atoms with Gasteiger partial charge >= 0.3 is 5.97 Å². The number of aliphatic hydroxyl groups is 1. The molecule has 2 aliphatic heterocycles. The Morgan fingerprint density at radius 1 is 0.923 bits per heavy atom. The largest absolute Gasteiger partial charge is 0.476 e. The van der Waals surface area contributed by atoms with Crippen LogP contribution in [-0.2, 0) is 9.63 Å². The van der Waals surface area contributed by atoms with Crippen molar-refractivity contribution in [3.63, 3.8) is 0 Å². The summed E-state index contributed by atoms with van der Waals surface area (Å²) in [6, 6.07) is 8.95. The van der Waals surface area contributed by atoms with Crippen molar-refractivity contribution in [2.75, 3.05) is 13.2 Å². The number of aliphatic hydroxyl groups excluding tert-OH is 1. The Labute approximate surface area is 228 Å². The van der Waals surface area contributed by atoms with Crippen LogP contribution in [0.25, 0.3) is 11.0 Å². The maximum Gasteiger partial charge on any atom is 0.360 e. The van der Waals surface area contributed by atoms with Crippen molar-refractivity contribution in [3.8, 4) is 0 Å². The van der Waals surface area contributed by atoms with E-state index in [1.54, 1.807) is 4.57 Å². The average molecular weight is 537 g/mol. The maximum atomic E-state index is 14.0. The minimum atomic E-state index is -1.38. The Morgan fingerprint density at radius 3 is 2.28 bits per heavy atom. The number of carboxylic acids is 1. The van der Waals surface area contributed by atoms with Crippen LogP contribution < -0.4 is 5.56 Å². The minimum Gasteiger partial charge on any atom is -0.476 e. The zero-order valence-electron chi connectivity index (χ0n) is 22.6. The number of carbonyl (C=O) groups is 1. The number of aromatic nitrogens is 2. The second kappa shape index (κ2) is 11.4. The number of hydrogen-bond acceptors (Lipinski definition) is 7. The second-order valence-electron chi connectivity index (χ2n) is 12.1. The number of piperidine rings is 2. The molecule has 0 amide bonds. The molecule has 39 heavy (non-hydrogen) atoms. The second-order valence-corrected chi connectivity index (χ2v) is 12.1. The van der Waals surface area contributed by atoms with Crippen molar-refractivity contribution in [2.45, 2.75) is 101 Å². The molecule has 2 saturated heterocycles. The van der Waals surface area contributed by atoms with Gasteiger partial charge in [0.2, 0.25) is 5.71 Å². The Kier molecular flexibility index (Phi) is 7.71. The summed E-state index contributed by atoms with van der Waals surface area (Å²) in [5.74, 6) is 0.349. The lowest BCUT2D eigenvalue weighted by molar-refractivity contribution is -0.129. The van der Waals surface area contributed by atoms with Crippen molar-refractivity contribution in [2.24, 2.45) is 17.0 Å². The quantitative estimate of drug-likeness (QED) is 0.311. The van der Waals surface area contributed by atoms with Crippen LogP contribution in [0.1, 0.15) is 88.8 Å². The molecule has 2 aromatic rings. The summed E-state index contributed by atoms with van der Waals surface area (Å²) in [5.41, 5.74) is 0.0979. The van der Waals surface area contributed by atoms with Gasteiger partial charge in [-0.05, 0) is 68.9 Å². The highest BCUT2D eigenvalue weighted by Crippen LogP contribution is 2.47.